The summed E-state index contributed by atoms with van der Waals surface area (Å²) in [5, 5.41) is 2.79. The summed E-state index contributed by atoms with van der Waals surface area (Å²) in [5.74, 6) is -0.0989. The Morgan fingerprint density at radius 1 is 1.40 bits per heavy atom. The topological polar surface area (TPSA) is 75.2 Å². The summed E-state index contributed by atoms with van der Waals surface area (Å²) in [6.07, 6.45) is 8.49. The first kappa shape index (κ1) is 14.4. The molecule has 0 unspecified atom stereocenters. The summed E-state index contributed by atoms with van der Waals surface area (Å²) >= 11 is 0. The van der Waals surface area contributed by atoms with Crippen LogP contribution in [0.1, 0.15) is 43.1 Å². The van der Waals surface area contributed by atoms with Crippen molar-refractivity contribution in [1.82, 2.24) is 20.2 Å². The summed E-state index contributed by atoms with van der Waals surface area (Å²) in [5.41, 5.74) is 0.388. The van der Waals surface area contributed by atoms with E-state index >= 15 is 0 Å². The van der Waals surface area contributed by atoms with Crippen LogP contribution in [0.2, 0.25) is 0 Å². The lowest BCUT2D eigenvalue weighted by atomic mass is 9.99. The van der Waals surface area contributed by atoms with Crippen molar-refractivity contribution in [3.63, 3.8) is 0 Å². The van der Waals surface area contributed by atoms with Crippen molar-refractivity contribution in [2.45, 2.75) is 38.6 Å². The zero-order chi connectivity index (χ0) is 14.4. The highest BCUT2D eigenvalue weighted by Crippen LogP contribution is 2.21. The molecular formula is C14H20N4O2. The van der Waals surface area contributed by atoms with Crippen LogP contribution in [0, 0.1) is 0 Å². The molecule has 20 heavy (non-hydrogen) atoms. The fourth-order valence-electron chi connectivity index (χ4n) is 2.54. The van der Waals surface area contributed by atoms with Crippen molar-refractivity contribution >= 4 is 11.8 Å². The van der Waals surface area contributed by atoms with E-state index in [1.165, 1.54) is 19.3 Å². The SMILES string of the molecule is CC(=O)NCC[C@@H]1CCCCN1C(=O)c1cnccn1. The summed E-state index contributed by atoms with van der Waals surface area (Å²) in [6, 6.07) is 0.171. The quantitative estimate of drug-likeness (QED) is 0.890. The van der Waals surface area contributed by atoms with E-state index < -0.39 is 0 Å². The summed E-state index contributed by atoms with van der Waals surface area (Å²) < 4.78 is 0. The predicted octanol–water partition coefficient (Wildman–Crippen LogP) is 0.997. The molecule has 2 rings (SSSR count). The third-order valence-corrected chi connectivity index (χ3v) is 3.52. The molecule has 1 atom stereocenters. The van der Waals surface area contributed by atoms with Gasteiger partial charge in [-0.2, -0.15) is 0 Å². The van der Waals surface area contributed by atoms with Gasteiger partial charge in [0.1, 0.15) is 5.69 Å². The Labute approximate surface area is 118 Å². The van der Waals surface area contributed by atoms with Gasteiger partial charge in [-0.1, -0.05) is 0 Å². The molecule has 0 aromatic carbocycles. The van der Waals surface area contributed by atoms with E-state index in [0.717, 1.165) is 32.2 Å². The predicted molar refractivity (Wildman–Crippen MR) is 74.0 cm³/mol. The molecule has 1 aromatic rings. The fourth-order valence-corrected chi connectivity index (χ4v) is 2.54. The lowest BCUT2D eigenvalue weighted by Crippen LogP contribution is -2.45. The highest BCUT2D eigenvalue weighted by molar-refractivity contribution is 5.92. The van der Waals surface area contributed by atoms with Gasteiger partial charge in [0, 0.05) is 38.4 Å². The van der Waals surface area contributed by atoms with Gasteiger partial charge >= 0.3 is 0 Å². The van der Waals surface area contributed by atoms with Crippen LogP contribution < -0.4 is 5.32 Å². The van der Waals surface area contributed by atoms with Crippen LogP contribution in [-0.2, 0) is 4.79 Å². The molecule has 1 fully saturated rings. The average Bonchev–Trinajstić information content (AvgIpc) is 2.47. The lowest BCUT2D eigenvalue weighted by molar-refractivity contribution is -0.119. The highest BCUT2D eigenvalue weighted by Gasteiger charge is 2.27. The summed E-state index contributed by atoms with van der Waals surface area (Å²) in [4.78, 5) is 33.2. The van der Waals surface area contributed by atoms with Gasteiger partial charge < -0.3 is 10.2 Å². The Bertz CT molecular complexity index is 464. The number of amides is 2. The smallest absolute Gasteiger partial charge is 0.274 e. The molecule has 6 heteroatoms. The maximum Gasteiger partial charge on any atom is 0.274 e. The van der Waals surface area contributed by atoms with Gasteiger partial charge in [-0.05, 0) is 25.7 Å². The van der Waals surface area contributed by atoms with Gasteiger partial charge in [0.25, 0.3) is 5.91 Å². The largest absolute Gasteiger partial charge is 0.356 e. The van der Waals surface area contributed by atoms with Crippen LogP contribution in [0.4, 0.5) is 0 Å². The molecule has 1 saturated heterocycles. The molecular weight excluding hydrogens is 256 g/mol. The number of hydrogen-bond donors (Lipinski definition) is 1. The van der Waals surface area contributed by atoms with E-state index in [4.69, 9.17) is 0 Å². The molecule has 1 aromatic heterocycles. The van der Waals surface area contributed by atoms with Crippen LogP contribution in [0.15, 0.2) is 18.6 Å². The second kappa shape index (κ2) is 6.98. The third-order valence-electron chi connectivity index (χ3n) is 3.52. The minimum absolute atomic E-state index is 0.0346. The van der Waals surface area contributed by atoms with E-state index in [2.05, 4.69) is 15.3 Å². The van der Waals surface area contributed by atoms with E-state index in [0.29, 0.717) is 12.2 Å². The van der Waals surface area contributed by atoms with E-state index in [-0.39, 0.29) is 17.9 Å². The Kier molecular flexibility index (Phi) is 5.03. The molecule has 1 N–H and O–H groups in total. The van der Waals surface area contributed by atoms with Gasteiger partial charge in [-0.3, -0.25) is 14.6 Å². The number of carbonyl (C=O) groups excluding carboxylic acids is 2. The molecule has 6 nitrogen and oxygen atoms in total. The van der Waals surface area contributed by atoms with Crippen molar-refractivity contribution in [3.05, 3.63) is 24.3 Å². The number of nitrogens with zero attached hydrogens (tertiary/aromatic N) is 3. The number of rotatable bonds is 4. The van der Waals surface area contributed by atoms with Crippen LogP contribution >= 0.6 is 0 Å². The van der Waals surface area contributed by atoms with Crippen molar-refractivity contribution in [3.8, 4) is 0 Å². The Morgan fingerprint density at radius 2 is 2.25 bits per heavy atom. The number of nitrogens with one attached hydrogen (secondary N) is 1. The van der Waals surface area contributed by atoms with E-state index in [9.17, 15) is 9.59 Å². The van der Waals surface area contributed by atoms with Crippen LogP contribution in [0.3, 0.4) is 0 Å². The third kappa shape index (κ3) is 3.76. The van der Waals surface area contributed by atoms with Crippen molar-refractivity contribution in [1.29, 1.82) is 0 Å². The second-order valence-electron chi connectivity index (χ2n) is 5.01. The zero-order valence-electron chi connectivity index (χ0n) is 11.7. The Morgan fingerprint density at radius 3 is 2.95 bits per heavy atom. The maximum absolute atomic E-state index is 12.4. The first-order valence-corrected chi connectivity index (χ1v) is 7.00. The Hall–Kier alpha value is -1.98. The molecule has 0 radical (unpaired) electrons. The van der Waals surface area contributed by atoms with Crippen molar-refractivity contribution in [2.75, 3.05) is 13.1 Å². The van der Waals surface area contributed by atoms with Crippen LogP contribution in [0.25, 0.3) is 0 Å². The number of hydrogen-bond acceptors (Lipinski definition) is 4. The van der Waals surface area contributed by atoms with Gasteiger partial charge in [0.2, 0.25) is 5.91 Å². The van der Waals surface area contributed by atoms with Gasteiger partial charge in [0.05, 0.1) is 6.20 Å². The van der Waals surface area contributed by atoms with Gasteiger partial charge in [-0.25, -0.2) is 4.98 Å². The fraction of sp³-hybridized carbons (Fsp3) is 0.571. The Balaban J connectivity index is 1.99. The summed E-state index contributed by atoms with van der Waals surface area (Å²) in [7, 11) is 0. The lowest BCUT2D eigenvalue weighted by Gasteiger charge is -2.35. The van der Waals surface area contributed by atoms with E-state index in [1.54, 1.807) is 6.20 Å². The van der Waals surface area contributed by atoms with Crippen LogP contribution in [-0.4, -0.2) is 45.8 Å². The number of aromatic nitrogens is 2. The minimum atomic E-state index is -0.0642. The minimum Gasteiger partial charge on any atom is -0.356 e. The first-order chi connectivity index (χ1) is 9.68. The number of piperidine rings is 1. The normalized spacial score (nSPS) is 18.6. The first-order valence-electron chi connectivity index (χ1n) is 7.00. The highest BCUT2D eigenvalue weighted by atomic mass is 16.2. The monoisotopic (exact) mass is 276 g/mol. The molecule has 0 aliphatic carbocycles. The molecule has 108 valence electrons. The molecule has 1 aliphatic rings. The summed E-state index contributed by atoms with van der Waals surface area (Å²) in [6.45, 7) is 2.85. The average molecular weight is 276 g/mol. The maximum atomic E-state index is 12.4. The molecule has 1 aliphatic heterocycles. The van der Waals surface area contributed by atoms with Crippen molar-refractivity contribution in [2.24, 2.45) is 0 Å². The van der Waals surface area contributed by atoms with E-state index in [1.807, 2.05) is 4.90 Å². The number of carbonyl (C=O) groups is 2. The van der Waals surface area contributed by atoms with Gasteiger partial charge in [-0.15, -0.1) is 0 Å². The standard InChI is InChI=1S/C14H20N4O2/c1-11(19)16-6-5-12-4-2-3-9-18(12)14(20)13-10-15-7-8-17-13/h7-8,10,12H,2-6,9H2,1H3,(H,16,19)/t12-/m0/s1. The molecule has 2 amide bonds. The van der Waals surface area contributed by atoms with Crippen molar-refractivity contribution < 1.29 is 9.59 Å². The van der Waals surface area contributed by atoms with Crippen LogP contribution in [0.5, 0.6) is 0 Å². The zero-order valence-corrected chi connectivity index (χ0v) is 11.7. The molecule has 0 spiro atoms. The molecule has 0 bridgehead atoms. The van der Waals surface area contributed by atoms with Gasteiger partial charge in [0.15, 0.2) is 0 Å². The second-order valence-corrected chi connectivity index (χ2v) is 5.01. The number of likely N-dealkylation sites (tertiary alicyclic amines) is 1. The molecule has 2 heterocycles. The molecule has 0 saturated carbocycles.